The SMILES string of the molecule is CCc1ccc(NC(=O)C2CC2C(=O)Nc2cc(Cl)ccc2C)cc1. The lowest BCUT2D eigenvalue weighted by Gasteiger charge is -2.09. The van der Waals surface area contributed by atoms with Crippen molar-refractivity contribution in [3.63, 3.8) is 0 Å². The van der Waals surface area contributed by atoms with Gasteiger partial charge in [0.2, 0.25) is 11.8 Å². The Kier molecular flexibility index (Phi) is 5.09. The molecule has 0 bridgehead atoms. The van der Waals surface area contributed by atoms with E-state index >= 15 is 0 Å². The highest BCUT2D eigenvalue weighted by Crippen LogP contribution is 2.40. The molecule has 2 aromatic rings. The van der Waals surface area contributed by atoms with E-state index in [0.717, 1.165) is 17.7 Å². The number of nitrogens with one attached hydrogen (secondary N) is 2. The molecule has 0 aliphatic heterocycles. The number of carbonyl (C=O) groups is 2. The lowest BCUT2D eigenvalue weighted by Crippen LogP contribution is -2.20. The van der Waals surface area contributed by atoms with Crippen LogP contribution < -0.4 is 10.6 Å². The van der Waals surface area contributed by atoms with Gasteiger partial charge in [-0.1, -0.05) is 36.7 Å². The number of amides is 2. The van der Waals surface area contributed by atoms with Crippen LogP contribution in [0.5, 0.6) is 0 Å². The van der Waals surface area contributed by atoms with Crippen molar-refractivity contribution >= 4 is 34.8 Å². The molecular weight excluding hydrogens is 336 g/mol. The van der Waals surface area contributed by atoms with Crippen molar-refractivity contribution in [1.29, 1.82) is 0 Å². The summed E-state index contributed by atoms with van der Waals surface area (Å²) in [5, 5.41) is 6.33. The zero-order valence-electron chi connectivity index (χ0n) is 14.3. The molecule has 25 heavy (non-hydrogen) atoms. The van der Waals surface area contributed by atoms with E-state index in [1.54, 1.807) is 12.1 Å². The van der Waals surface area contributed by atoms with E-state index in [2.05, 4.69) is 17.6 Å². The summed E-state index contributed by atoms with van der Waals surface area (Å²) in [7, 11) is 0. The summed E-state index contributed by atoms with van der Waals surface area (Å²) in [6.07, 6.45) is 1.53. The number of hydrogen-bond acceptors (Lipinski definition) is 2. The van der Waals surface area contributed by atoms with Gasteiger partial charge in [-0.3, -0.25) is 9.59 Å². The van der Waals surface area contributed by atoms with E-state index in [9.17, 15) is 9.59 Å². The Labute approximate surface area is 152 Å². The van der Waals surface area contributed by atoms with Crippen LogP contribution in [-0.2, 0) is 16.0 Å². The first-order valence-electron chi connectivity index (χ1n) is 8.44. The zero-order chi connectivity index (χ0) is 18.0. The summed E-state index contributed by atoms with van der Waals surface area (Å²) >= 11 is 5.97. The molecule has 0 heterocycles. The molecule has 1 saturated carbocycles. The molecule has 2 unspecified atom stereocenters. The van der Waals surface area contributed by atoms with Crippen molar-refractivity contribution < 1.29 is 9.59 Å². The van der Waals surface area contributed by atoms with Gasteiger partial charge in [0.1, 0.15) is 0 Å². The van der Waals surface area contributed by atoms with Gasteiger partial charge >= 0.3 is 0 Å². The van der Waals surface area contributed by atoms with Crippen LogP contribution >= 0.6 is 11.6 Å². The van der Waals surface area contributed by atoms with Gasteiger partial charge in [-0.15, -0.1) is 0 Å². The highest BCUT2D eigenvalue weighted by atomic mass is 35.5. The Hall–Kier alpha value is -2.33. The van der Waals surface area contributed by atoms with Gasteiger partial charge in [0.15, 0.2) is 0 Å². The number of halogens is 1. The highest BCUT2D eigenvalue weighted by molar-refractivity contribution is 6.31. The van der Waals surface area contributed by atoms with Crippen LogP contribution in [0.4, 0.5) is 11.4 Å². The fraction of sp³-hybridized carbons (Fsp3) is 0.300. The zero-order valence-corrected chi connectivity index (χ0v) is 15.1. The summed E-state index contributed by atoms with van der Waals surface area (Å²) in [6.45, 7) is 3.99. The second-order valence-corrected chi connectivity index (χ2v) is 6.87. The van der Waals surface area contributed by atoms with Crippen molar-refractivity contribution in [2.75, 3.05) is 10.6 Å². The molecule has 3 rings (SSSR count). The average molecular weight is 357 g/mol. The first-order chi connectivity index (χ1) is 12.0. The van der Waals surface area contributed by atoms with Gasteiger partial charge in [0.25, 0.3) is 0 Å². The molecule has 1 aliphatic rings. The van der Waals surface area contributed by atoms with Gasteiger partial charge in [-0.25, -0.2) is 0 Å². The topological polar surface area (TPSA) is 58.2 Å². The van der Waals surface area contributed by atoms with Crippen molar-refractivity contribution in [1.82, 2.24) is 0 Å². The van der Waals surface area contributed by atoms with Gasteiger partial charge in [-0.05, 0) is 55.2 Å². The fourth-order valence-corrected chi connectivity index (χ4v) is 2.96. The predicted molar refractivity (Wildman–Crippen MR) is 101 cm³/mol. The maximum atomic E-state index is 12.4. The minimum absolute atomic E-state index is 0.104. The number of rotatable bonds is 5. The molecule has 2 aromatic carbocycles. The Balaban J connectivity index is 1.56. The number of benzene rings is 2. The maximum Gasteiger partial charge on any atom is 0.228 e. The number of anilines is 2. The number of hydrogen-bond donors (Lipinski definition) is 2. The third-order valence-corrected chi connectivity index (χ3v) is 4.79. The van der Waals surface area contributed by atoms with Crippen molar-refractivity contribution in [3.05, 3.63) is 58.6 Å². The lowest BCUT2D eigenvalue weighted by atomic mass is 10.1. The smallest absolute Gasteiger partial charge is 0.228 e. The molecule has 0 saturated heterocycles. The monoisotopic (exact) mass is 356 g/mol. The Morgan fingerprint density at radius 3 is 2.32 bits per heavy atom. The predicted octanol–water partition coefficient (Wildman–Crippen LogP) is 4.42. The molecule has 2 N–H and O–H groups in total. The van der Waals surface area contributed by atoms with Crippen LogP contribution in [0.1, 0.15) is 24.5 Å². The van der Waals surface area contributed by atoms with Gasteiger partial charge in [0.05, 0.1) is 11.8 Å². The molecule has 4 nitrogen and oxygen atoms in total. The molecule has 0 aromatic heterocycles. The minimum Gasteiger partial charge on any atom is -0.326 e. The van der Waals surface area contributed by atoms with E-state index in [0.29, 0.717) is 17.1 Å². The number of aryl methyl sites for hydroxylation is 2. The molecule has 130 valence electrons. The average Bonchev–Trinajstić information content (AvgIpc) is 3.40. The first-order valence-corrected chi connectivity index (χ1v) is 8.82. The van der Waals surface area contributed by atoms with Crippen molar-refractivity contribution in [3.8, 4) is 0 Å². The second kappa shape index (κ2) is 7.28. The summed E-state index contributed by atoms with van der Waals surface area (Å²) < 4.78 is 0. The third-order valence-electron chi connectivity index (χ3n) is 4.55. The van der Waals surface area contributed by atoms with E-state index in [4.69, 9.17) is 11.6 Å². The van der Waals surface area contributed by atoms with E-state index in [1.807, 2.05) is 37.3 Å². The lowest BCUT2D eigenvalue weighted by molar-refractivity contribution is -0.122. The van der Waals surface area contributed by atoms with Crippen LogP contribution in [-0.4, -0.2) is 11.8 Å². The van der Waals surface area contributed by atoms with E-state index in [1.165, 1.54) is 5.56 Å². The fourth-order valence-electron chi connectivity index (χ4n) is 2.79. The Morgan fingerprint density at radius 1 is 1.04 bits per heavy atom. The van der Waals surface area contributed by atoms with Crippen LogP contribution in [0.15, 0.2) is 42.5 Å². The molecule has 1 aliphatic carbocycles. The Morgan fingerprint density at radius 2 is 1.68 bits per heavy atom. The van der Waals surface area contributed by atoms with E-state index in [-0.39, 0.29) is 23.7 Å². The summed E-state index contributed by atoms with van der Waals surface area (Å²) in [6, 6.07) is 13.1. The highest BCUT2D eigenvalue weighted by Gasteiger charge is 2.48. The normalized spacial score (nSPS) is 18.5. The molecule has 0 radical (unpaired) electrons. The second-order valence-electron chi connectivity index (χ2n) is 6.44. The minimum atomic E-state index is -0.284. The maximum absolute atomic E-state index is 12.4. The van der Waals surface area contributed by atoms with E-state index < -0.39 is 0 Å². The van der Waals surface area contributed by atoms with Crippen LogP contribution in [0, 0.1) is 18.8 Å². The van der Waals surface area contributed by atoms with Gasteiger partial charge < -0.3 is 10.6 Å². The Bertz CT molecular complexity index is 802. The molecular formula is C20H21ClN2O2. The van der Waals surface area contributed by atoms with Gasteiger partial charge in [-0.2, -0.15) is 0 Å². The summed E-state index contributed by atoms with van der Waals surface area (Å²) in [5.41, 5.74) is 3.62. The van der Waals surface area contributed by atoms with Crippen molar-refractivity contribution in [2.45, 2.75) is 26.7 Å². The number of carbonyl (C=O) groups excluding carboxylic acids is 2. The summed E-state index contributed by atoms with van der Waals surface area (Å²) in [4.78, 5) is 24.7. The van der Waals surface area contributed by atoms with Crippen LogP contribution in [0.3, 0.4) is 0 Å². The third kappa shape index (κ3) is 4.20. The molecule has 5 heteroatoms. The molecule has 1 fully saturated rings. The standard InChI is InChI=1S/C20H21ClN2O2/c1-3-13-5-8-15(9-6-13)22-19(24)16-11-17(16)20(25)23-18-10-14(21)7-4-12(18)2/h4-10,16-17H,3,11H2,1-2H3,(H,22,24)(H,23,25). The molecule has 2 atom stereocenters. The first kappa shape index (κ1) is 17.5. The van der Waals surface area contributed by atoms with Gasteiger partial charge in [0, 0.05) is 16.4 Å². The quantitative estimate of drug-likeness (QED) is 0.832. The summed E-state index contributed by atoms with van der Waals surface area (Å²) in [5.74, 6) is -0.794. The molecule has 2 amide bonds. The largest absolute Gasteiger partial charge is 0.326 e. The molecule has 0 spiro atoms. The van der Waals surface area contributed by atoms with Crippen molar-refractivity contribution in [2.24, 2.45) is 11.8 Å². The van der Waals surface area contributed by atoms with Crippen LogP contribution in [0.2, 0.25) is 5.02 Å². The van der Waals surface area contributed by atoms with Crippen LogP contribution in [0.25, 0.3) is 0 Å².